The number of nitrogens with one attached hydrogen (secondary N) is 1. The van der Waals surface area contributed by atoms with E-state index in [4.69, 9.17) is 14.2 Å². The second kappa shape index (κ2) is 5.49. The number of ether oxygens (including phenoxy) is 3. The summed E-state index contributed by atoms with van der Waals surface area (Å²) in [5.41, 5.74) is -1.39. The molecule has 2 aliphatic heterocycles. The van der Waals surface area contributed by atoms with Gasteiger partial charge in [-0.2, -0.15) is 0 Å². The summed E-state index contributed by atoms with van der Waals surface area (Å²) in [7, 11) is 0. The van der Waals surface area contributed by atoms with Gasteiger partial charge in [-0.05, 0) is 19.1 Å². The van der Waals surface area contributed by atoms with Gasteiger partial charge in [0.15, 0.2) is 17.0 Å². The minimum Gasteiger partial charge on any atom is -0.482 e. The van der Waals surface area contributed by atoms with Crippen LogP contribution in [0.1, 0.15) is 13.3 Å². The fourth-order valence-electron chi connectivity index (χ4n) is 2.60. The molecule has 1 aromatic carbocycles. The second-order valence-corrected chi connectivity index (χ2v) is 5.49. The molecule has 118 valence electrons. The van der Waals surface area contributed by atoms with Crippen LogP contribution in [0, 0.1) is 0 Å². The fraction of sp³-hybridized carbons (Fsp3) is 0.467. The number of carboxylic acid groups (broad SMARTS) is 1. The van der Waals surface area contributed by atoms with Gasteiger partial charge >= 0.3 is 5.97 Å². The van der Waals surface area contributed by atoms with Gasteiger partial charge in [-0.1, -0.05) is 12.1 Å². The Morgan fingerprint density at radius 1 is 1.27 bits per heavy atom. The first-order chi connectivity index (χ1) is 10.5. The lowest BCUT2D eigenvalue weighted by atomic mass is 9.98. The van der Waals surface area contributed by atoms with Crippen molar-refractivity contribution in [2.45, 2.75) is 31.1 Å². The molecule has 0 radical (unpaired) electrons. The summed E-state index contributed by atoms with van der Waals surface area (Å²) >= 11 is 0. The summed E-state index contributed by atoms with van der Waals surface area (Å²) < 4.78 is 16.5. The van der Waals surface area contributed by atoms with Crippen LogP contribution in [0.4, 0.5) is 0 Å². The third-order valence-electron chi connectivity index (χ3n) is 3.89. The number of rotatable bonds is 3. The molecule has 2 aliphatic rings. The molecule has 0 aliphatic carbocycles. The molecule has 0 bridgehead atoms. The summed E-state index contributed by atoms with van der Waals surface area (Å²) in [6.45, 7) is 1.96. The zero-order chi connectivity index (χ0) is 15.7. The Morgan fingerprint density at radius 2 is 1.95 bits per heavy atom. The molecule has 3 atom stereocenters. The average molecular weight is 307 g/mol. The molecule has 1 aromatic rings. The number of carbonyl (C=O) groups excluding carboxylic acids is 1. The number of fused-ring (bicyclic) bond motifs is 1. The largest absolute Gasteiger partial charge is 0.482 e. The predicted molar refractivity (Wildman–Crippen MR) is 74.9 cm³/mol. The van der Waals surface area contributed by atoms with Crippen molar-refractivity contribution in [2.75, 3.05) is 13.2 Å². The SMILES string of the molecule is CC1Oc2ccccc2OC1C(=O)NC1(C(=O)O)CCOC1. The van der Waals surface area contributed by atoms with Crippen LogP contribution in [0.3, 0.4) is 0 Å². The molecule has 2 heterocycles. The quantitative estimate of drug-likeness (QED) is 0.848. The monoisotopic (exact) mass is 307 g/mol. The average Bonchev–Trinajstić information content (AvgIpc) is 2.96. The molecule has 0 aromatic heterocycles. The number of amides is 1. The summed E-state index contributed by atoms with van der Waals surface area (Å²) in [6, 6.07) is 7.04. The maximum Gasteiger partial charge on any atom is 0.331 e. The van der Waals surface area contributed by atoms with Gasteiger partial charge in [0.05, 0.1) is 6.61 Å². The zero-order valence-electron chi connectivity index (χ0n) is 12.1. The molecule has 1 fully saturated rings. The Labute approximate surface area is 127 Å². The highest BCUT2D eigenvalue weighted by molar-refractivity contribution is 5.90. The lowest BCUT2D eigenvalue weighted by molar-refractivity contribution is -0.150. The number of para-hydroxylation sites is 2. The van der Waals surface area contributed by atoms with Gasteiger partial charge in [0.2, 0.25) is 6.10 Å². The summed E-state index contributed by atoms with van der Waals surface area (Å²) in [4.78, 5) is 23.9. The highest BCUT2D eigenvalue weighted by Gasteiger charge is 2.46. The third-order valence-corrected chi connectivity index (χ3v) is 3.89. The molecular formula is C15H17NO6. The topological polar surface area (TPSA) is 94.1 Å². The van der Waals surface area contributed by atoms with E-state index >= 15 is 0 Å². The van der Waals surface area contributed by atoms with Crippen molar-refractivity contribution in [1.82, 2.24) is 5.32 Å². The first-order valence-corrected chi connectivity index (χ1v) is 7.07. The van der Waals surface area contributed by atoms with Crippen molar-refractivity contribution < 1.29 is 28.9 Å². The van der Waals surface area contributed by atoms with Crippen LogP contribution in [-0.4, -0.2) is 47.9 Å². The van der Waals surface area contributed by atoms with Crippen molar-refractivity contribution in [3.8, 4) is 11.5 Å². The van der Waals surface area contributed by atoms with Crippen LogP contribution < -0.4 is 14.8 Å². The number of aliphatic carboxylic acids is 1. The van der Waals surface area contributed by atoms with E-state index < -0.39 is 29.6 Å². The lowest BCUT2D eigenvalue weighted by Gasteiger charge is -2.33. The van der Waals surface area contributed by atoms with E-state index in [1.807, 2.05) is 6.07 Å². The fourth-order valence-corrected chi connectivity index (χ4v) is 2.60. The van der Waals surface area contributed by atoms with E-state index in [0.29, 0.717) is 18.1 Å². The standard InChI is InChI=1S/C15H17NO6/c1-9-12(22-11-5-3-2-4-10(11)21-9)13(17)16-15(14(18)19)6-7-20-8-15/h2-5,9,12H,6-8H2,1H3,(H,16,17)(H,18,19). The van der Waals surface area contributed by atoms with Gasteiger partial charge in [0, 0.05) is 13.0 Å². The minimum atomic E-state index is -1.39. The molecule has 3 unspecified atom stereocenters. The van der Waals surface area contributed by atoms with E-state index in [9.17, 15) is 14.7 Å². The van der Waals surface area contributed by atoms with E-state index in [1.165, 1.54) is 0 Å². The Bertz CT molecular complexity index is 595. The van der Waals surface area contributed by atoms with Crippen molar-refractivity contribution >= 4 is 11.9 Å². The summed E-state index contributed by atoms with van der Waals surface area (Å²) in [5, 5.41) is 11.9. The van der Waals surface area contributed by atoms with Gasteiger partial charge in [-0.3, -0.25) is 4.79 Å². The van der Waals surface area contributed by atoms with Crippen molar-refractivity contribution in [1.29, 1.82) is 0 Å². The van der Waals surface area contributed by atoms with Gasteiger partial charge in [0.25, 0.3) is 5.91 Å². The van der Waals surface area contributed by atoms with Gasteiger partial charge < -0.3 is 24.6 Å². The first-order valence-electron chi connectivity index (χ1n) is 7.07. The van der Waals surface area contributed by atoms with Crippen LogP contribution in [0.5, 0.6) is 11.5 Å². The van der Waals surface area contributed by atoms with Crippen LogP contribution >= 0.6 is 0 Å². The Kier molecular flexibility index (Phi) is 3.66. The molecule has 22 heavy (non-hydrogen) atoms. The molecule has 0 saturated carbocycles. The van der Waals surface area contributed by atoms with E-state index in [0.717, 1.165) is 0 Å². The normalized spacial score (nSPS) is 29.9. The summed E-state index contributed by atoms with van der Waals surface area (Å²) in [6.07, 6.45) is -1.21. The molecule has 7 heteroatoms. The molecular weight excluding hydrogens is 290 g/mol. The molecule has 7 nitrogen and oxygen atoms in total. The molecule has 1 amide bonds. The predicted octanol–water partition coefficient (Wildman–Crippen LogP) is 0.575. The lowest BCUT2D eigenvalue weighted by Crippen LogP contribution is -2.60. The molecule has 3 rings (SSSR count). The highest BCUT2D eigenvalue weighted by Crippen LogP contribution is 2.33. The summed E-state index contributed by atoms with van der Waals surface area (Å²) in [5.74, 6) is -0.595. The van der Waals surface area contributed by atoms with Crippen molar-refractivity contribution in [3.05, 3.63) is 24.3 Å². The minimum absolute atomic E-state index is 0.0490. The van der Waals surface area contributed by atoms with E-state index in [1.54, 1.807) is 25.1 Å². The second-order valence-electron chi connectivity index (χ2n) is 5.49. The van der Waals surface area contributed by atoms with Crippen LogP contribution in [-0.2, 0) is 14.3 Å². The maximum absolute atomic E-state index is 12.4. The zero-order valence-corrected chi connectivity index (χ0v) is 12.1. The van der Waals surface area contributed by atoms with E-state index in [-0.39, 0.29) is 13.0 Å². The molecule has 1 saturated heterocycles. The van der Waals surface area contributed by atoms with Crippen molar-refractivity contribution in [3.63, 3.8) is 0 Å². The number of hydrogen-bond donors (Lipinski definition) is 2. The Balaban J connectivity index is 1.77. The molecule has 0 spiro atoms. The van der Waals surface area contributed by atoms with E-state index in [2.05, 4.69) is 5.32 Å². The third kappa shape index (κ3) is 2.48. The number of benzene rings is 1. The number of carbonyl (C=O) groups is 2. The Morgan fingerprint density at radius 3 is 2.55 bits per heavy atom. The molecule has 2 N–H and O–H groups in total. The van der Waals surface area contributed by atoms with Gasteiger partial charge in [0.1, 0.15) is 6.10 Å². The van der Waals surface area contributed by atoms with Crippen LogP contribution in [0.15, 0.2) is 24.3 Å². The van der Waals surface area contributed by atoms with Crippen molar-refractivity contribution in [2.24, 2.45) is 0 Å². The Hall–Kier alpha value is -2.28. The maximum atomic E-state index is 12.4. The van der Waals surface area contributed by atoms with Gasteiger partial charge in [-0.25, -0.2) is 4.79 Å². The number of hydrogen-bond acceptors (Lipinski definition) is 5. The first kappa shape index (κ1) is 14.6. The van der Waals surface area contributed by atoms with Crippen LogP contribution in [0.2, 0.25) is 0 Å². The number of carboxylic acids is 1. The highest BCUT2D eigenvalue weighted by atomic mass is 16.6. The van der Waals surface area contributed by atoms with Gasteiger partial charge in [-0.15, -0.1) is 0 Å². The van der Waals surface area contributed by atoms with Crippen LogP contribution in [0.25, 0.3) is 0 Å². The smallest absolute Gasteiger partial charge is 0.331 e.